The molecule has 120 valence electrons. The SMILES string of the molecule is Cc1cnc(C(=O)N2CC[C@]3(CCCN(CC4CC4)C3)C2)[nH]1. The molecule has 3 heterocycles. The predicted octanol–water partition coefficient (Wildman–Crippen LogP) is 2.06. The Morgan fingerprint density at radius 1 is 1.36 bits per heavy atom. The number of piperidine rings is 1. The van der Waals surface area contributed by atoms with Crippen molar-refractivity contribution < 1.29 is 4.79 Å². The van der Waals surface area contributed by atoms with Crippen LogP contribution in [0.25, 0.3) is 0 Å². The Bertz CT molecular complexity index is 565. The van der Waals surface area contributed by atoms with E-state index >= 15 is 0 Å². The third kappa shape index (κ3) is 2.78. The van der Waals surface area contributed by atoms with Crippen molar-refractivity contribution in [3.8, 4) is 0 Å². The molecule has 5 heteroatoms. The smallest absolute Gasteiger partial charge is 0.289 e. The maximum atomic E-state index is 12.6. The third-order valence-electron chi connectivity index (χ3n) is 5.58. The van der Waals surface area contributed by atoms with E-state index in [-0.39, 0.29) is 5.91 Å². The first-order valence-corrected chi connectivity index (χ1v) is 8.67. The molecule has 1 atom stereocenters. The largest absolute Gasteiger partial charge is 0.338 e. The number of hydrogen-bond donors (Lipinski definition) is 1. The first-order chi connectivity index (χ1) is 10.6. The summed E-state index contributed by atoms with van der Waals surface area (Å²) in [7, 11) is 0. The number of aryl methyl sites for hydroxylation is 1. The fraction of sp³-hybridized carbons (Fsp3) is 0.765. The summed E-state index contributed by atoms with van der Waals surface area (Å²) < 4.78 is 0. The van der Waals surface area contributed by atoms with Crippen LogP contribution >= 0.6 is 0 Å². The van der Waals surface area contributed by atoms with Gasteiger partial charge in [0.25, 0.3) is 5.91 Å². The summed E-state index contributed by atoms with van der Waals surface area (Å²) >= 11 is 0. The highest BCUT2D eigenvalue weighted by Crippen LogP contribution is 2.40. The Labute approximate surface area is 132 Å². The van der Waals surface area contributed by atoms with Gasteiger partial charge in [-0.05, 0) is 51.5 Å². The van der Waals surface area contributed by atoms with Crippen molar-refractivity contribution in [1.82, 2.24) is 19.8 Å². The molecule has 1 saturated carbocycles. The molecule has 1 N–H and O–H groups in total. The van der Waals surface area contributed by atoms with Crippen molar-refractivity contribution in [3.05, 3.63) is 17.7 Å². The Morgan fingerprint density at radius 2 is 2.23 bits per heavy atom. The number of carbonyl (C=O) groups is 1. The second kappa shape index (κ2) is 5.37. The van der Waals surface area contributed by atoms with Crippen LogP contribution in [0, 0.1) is 18.3 Å². The molecule has 0 aromatic carbocycles. The highest BCUT2D eigenvalue weighted by atomic mass is 16.2. The first-order valence-electron chi connectivity index (χ1n) is 8.67. The van der Waals surface area contributed by atoms with Crippen molar-refractivity contribution in [2.45, 2.75) is 39.0 Å². The molecule has 1 aromatic heterocycles. The highest BCUT2D eigenvalue weighted by molar-refractivity contribution is 5.90. The predicted molar refractivity (Wildman–Crippen MR) is 84.7 cm³/mol. The lowest BCUT2D eigenvalue weighted by Crippen LogP contribution is -2.46. The number of aromatic amines is 1. The minimum absolute atomic E-state index is 0.0734. The van der Waals surface area contributed by atoms with Crippen LogP contribution in [0.15, 0.2) is 6.20 Å². The van der Waals surface area contributed by atoms with Crippen LogP contribution < -0.4 is 0 Å². The van der Waals surface area contributed by atoms with Crippen molar-refractivity contribution in [2.75, 3.05) is 32.7 Å². The van der Waals surface area contributed by atoms with E-state index in [9.17, 15) is 4.79 Å². The van der Waals surface area contributed by atoms with Gasteiger partial charge in [-0.3, -0.25) is 4.79 Å². The normalized spacial score (nSPS) is 29.4. The molecule has 1 spiro atoms. The Kier molecular flexibility index (Phi) is 3.48. The lowest BCUT2D eigenvalue weighted by atomic mass is 9.79. The molecular weight excluding hydrogens is 276 g/mol. The molecule has 0 unspecified atom stereocenters. The molecule has 22 heavy (non-hydrogen) atoms. The molecule has 1 aromatic rings. The van der Waals surface area contributed by atoms with Crippen LogP contribution in [-0.2, 0) is 0 Å². The average molecular weight is 302 g/mol. The summed E-state index contributed by atoms with van der Waals surface area (Å²) in [6.07, 6.45) is 8.29. The highest BCUT2D eigenvalue weighted by Gasteiger charge is 2.43. The van der Waals surface area contributed by atoms with E-state index in [1.807, 2.05) is 11.8 Å². The van der Waals surface area contributed by atoms with Crippen LogP contribution in [0.2, 0.25) is 0 Å². The molecule has 5 nitrogen and oxygen atoms in total. The van der Waals surface area contributed by atoms with E-state index < -0.39 is 0 Å². The van der Waals surface area contributed by atoms with Crippen LogP contribution in [0.5, 0.6) is 0 Å². The van der Waals surface area contributed by atoms with Gasteiger partial charge in [0.05, 0.1) is 0 Å². The molecule has 2 aliphatic heterocycles. The second-order valence-electron chi connectivity index (χ2n) is 7.67. The molecule has 0 radical (unpaired) electrons. The van der Waals surface area contributed by atoms with Gasteiger partial charge in [-0.1, -0.05) is 0 Å². The topological polar surface area (TPSA) is 52.2 Å². The Morgan fingerprint density at radius 3 is 2.95 bits per heavy atom. The first kappa shape index (κ1) is 14.2. The van der Waals surface area contributed by atoms with Gasteiger partial charge in [-0.2, -0.15) is 0 Å². The van der Waals surface area contributed by atoms with Gasteiger partial charge in [-0.15, -0.1) is 0 Å². The summed E-state index contributed by atoms with van der Waals surface area (Å²) in [5.74, 6) is 1.53. The number of carbonyl (C=O) groups excluding carboxylic acids is 1. The molecule has 1 aliphatic carbocycles. The van der Waals surface area contributed by atoms with Gasteiger partial charge in [0.2, 0.25) is 0 Å². The number of H-pyrrole nitrogens is 1. The van der Waals surface area contributed by atoms with E-state index in [1.165, 1.54) is 45.3 Å². The number of nitrogens with zero attached hydrogens (tertiary/aromatic N) is 3. The molecule has 2 saturated heterocycles. The molecular formula is C17H26N4O. The maximum Gasteiger partial charge on any atom is 0.289 e. The average Bonchev–Trinajstić information content (AvgIpc) is 3.06. The lowest BCUT2D eigenvalue weighted by molar-refractivity contribution is 0.0672. The minimum Gasteiger partial charge on any atom is -0.338 e. The van der Waals surface area contributed by atoms with E-state index in [2.05, 4.69) is 14.9 Å². The zero-order valence-corrected chi connectivity index (χ0v) is 13.5. The lowest BCUT2D eigenvalue weighted by Gasteiger charge is -2.40. The van der Waals surface area contributed by atoms with Gasteiger partial charge >= 0.3 is 0 Å². The maximum absolute atomic E-state index is 12.6. The standard InChI is InChI=1S/C17H26N4O/c1-13-9-18-15(19-13)16(22)21-8-6-17(12-21)5-2-7-20(11-17)10-14-3-4-14/h9,14H,2-8,10-12H2,1H3,(H,18,19)/t17-/m0/s1. The number of imidazole rings is 1. The van der Waals surface area contributed by atoms with Crippen molar-refractivity contribution in [1.29, 1.82) is 0 Å². The van der Waals surface area contributed by atoms with Crippen LogP contribution in [0.3, 0.4) is 0 Å². The zero-order chi connectivity index (χ0) is 15.2. The number of rotatable bonds is 3. The van der Waals surface area contributed by atoms with Gasteiger partial charge in [-0.25, -0.2) is 4.98 Å². The van der Waals surface area contributed by atoms with Crippen LogP contribution in [0.4, 0.5) is 0 Å². The van der Waals surface area contributed by atoms with E-state index in [0.717, 1.165) is 31.1 Å². The van der Waals surface area contributed by atoms with E-state index in [1.54, 1.807) is 6.20 Å². The number of aromatic nitrogens is 2. The molecule has 3 fully saturated rings. The molecule has 0 bridgehead atoms. The van der Waals surface area contributed by atoms with E-state index in [4.69, 9.17) is 0 Å². The second-order valence-corrected chi connectivity index (χ2v) is 7.67. The fourth-order valence-corrected chi connectivity index (χ4v) is 4.24. The Hall–Kier alpha value is -1.36. The Balaban J connectivity index is 1.41. The quantitative estimate of drug-likeness (QED) is 0.930. The monoisotopic (exact) mass is 302 g/mol. The summed E-state index contributed by atoms with van der Waals surface area (Å²) in [6.45, 7) is 7.45. The van der Waals surface area contributed by atoms with Crippen LogP contribution in [-0.4, -0.2) is 58.4 Å². The molecule has 1 amide bonds. The molecule has 4 rings (SSSR count). The summed E-state index contributed by atoms with van der Waals surface area (Å²) in [6, 6.07) is 0. The zero-order valence-electron chi connectivity index (χ0n) is 13.5. The van der Waals surface area contributed by atoms with Gasteiger partial charge in [0.15, 0.2) is 5.82 Å². The van der Waals surface area contributed by atoms with Crippen molar-refractivity contribution in [2.24, 2.45) is 11.3 Å². The minimum atomic E-state index is 0.0734. The number of hydrogen-bond acceptors (Lipinski definition) is 3. The summed E-state index contributed by atoms with van der Waals surface area (Å²) in [5, 5.41) is 0. The summed E-state index contributed by atoms with van der Waals surface area (Å²) in [4.78, 5) is 24.5. The number of amides is 1. The van der Waals surface area contributed by atoms with Gasteiger partial charge in [0, 0.05) is 43.5 Å². The summed E-state index contributed by atoms with van der Waals surface area (Å²) in [5.41, 5.74) is 1.29. The van der Waals surface area contributed by atoms with E-state index in [0.29, 0.717) is 11.2 Å². The fourth-order valence-electron chi connectivity index (χ4n) is 4.24. The third-order valence-corrected chi connectivity index (χ3v) is 5.58. The van der Waals surface area contributed by atoms with Crippen molar-refractivity contribution in [3.63, 3.8) is 0 Å². The molecule has 3 aliphatic rings. The van der Waals surface area contributed by atoms with Crippen molar-refractivity contribution >= 4 is 5.91 Å². The number of likely N-dealkylation sites (tertiary alicyclic amines) is 2. The van der Waals surface area contributed by atoms with Gasteiger partial charge < -0.3 is 14.8 Å². The van der Waals surface area contributed by atoms with Crippen LogP contribution in [0.1, 0.15) is 48.4 Å². The van der Waals surface area contributed by atoms with Gasteiger partial charge in [0.1, 0.15) is 0 Å². The number of nitrogens with one attached hydrogen (secondary N) is 1.